The highest BCUT2D eigenvalue weighted by molar-refractivity contribution is 6.04. The molecule has 190 valence electrons. The lowest BCUT2D eigenvalue weighted by Gasteiger charge is -2.45. The number of ketones is 1. The van der Waals surface area contributed by atoms with Gasteiger partial charge in [0, 0.05) is 25.1 Å². The molecule has 3 unspecified atom stereocenters. The summed E-state index contributed by atoms with van der Waals surface area (Å²) in [5.41, 5.74) is 3.93. The van der Waals surface area contributed by atoms with Crippen molar-refractivity contribution >= 4 is 28.9 Å². The number of carbonyl (C=O) groups excluding carboxylic acids is 3. The number of ether oxygens (including phenoxy) is 2. The number of Topliss-reactive ketones (excluding diaryl/α,β-unsaturated/α-hetero) is 1. The SMILES string of the molecule is CC(C(=O)N1CCOCC1)C(OC(N)=O)(C(=O)c1nc2ccc(F)cc2o1)C(C)C1CCCCC1. The smallest absolute Gasteiger partial charge is 0.405 e. The number of oxazole rings is 1. The molecule has 9 nitrogen and oxygen atoms in total. The van der Waals surface area contributed by atoms with Gasteiger partial charge in [-0.05, 0) is 25.0 Å². The van der Waals surface area contributed by atoms with Gasteiger partial charge < -0.3 is 24.5 Å². The third-order valence-electron chi connectivity index (χ3n) is 7.54. The maximum Gasteiger partial charge on any atom is 0.405 e. The number of fused-ring (bicyclic) bond motifs is 1. The first kappa shape index (κ1) is 25.1. The predicted molar refractivity (Wildman–Crippen MR) is 124 cm³/mol. The minimum atomic E-state index is -1.94. The summed E-state index contributed by atoms with van der Waals surface area (Å²) in [5, 5.41) is 0. The maximum absolute atomic E-state index is 14.2. The Morgan fingerprint density at radius 2 is 1.86 bits per heavy atom. The topological polar surface area (TPSA) is 125 Å². The minimum Gasteiger partial charge on any atom is -0.433 e. The number of nitrogens with two attached hydrogens (primary N) is 1. The molecule has 1 aromatic heterocycles. The number of benzene rings is 1. The number of halogens is 1. The lowest BCUT2D eigenvalue weighted by atomic mass is 9.66. The normalized spacial score (nSPS) is 20.7. The Balaban J connectivity index is 1.81. The van der Waals surface area contributed by atoms with E-state index in [9.17, 15) is 18.8 Å². The standard InChI is InChI=1S/C25H32FN3O6/c1-15(17-6-4-3-5-7-17)25(35-24(27)32,16(2)23(31)29-10-12-33-13-11-29)21(30)22-28-19-9-8-18(26)14-20(19)34-22/h8-9,14-17H,3-7,10-13H2,1-2H3,(H2,27,32). The highest BCUT2D eigenvalue weighted by Crippen LogP contribution is 2.44. The van der Waals surface area contributed by atoms with Crippen LogP contribution in [0.1, 0.15) is 56.6 Å². The fourth-order valence-electron chi connectivity index (χ4n) is 5.58. The van der Waals surface area contributed by atoms with Gasteiger partial charge in [-0.1, -0.05) is 39.0 Å². The molecule has 3 atom stereocenters. The number of amides is 2. The molecule has 4 rings (SSSR count). The molecular formula is C25H32FN3O6. The van der Waals surface area contributed by atoms with Gasteiger partial charge in [-0.2, -0.15) is 0 Å². The Morgan fingerprint density at radius 1 is 1.17 bits per heavy atom. The van der Waals surface area contributed by atoms with E-state index >= 15 is 0 Å². The van der Waals surface area contributed by atoms with E-state index in [1.807, 2.05) is 6.92 Å². The van der Waals surface area contributed by atoms with Crippen LogP contribution in [0.25, 0.3) is 11.1 Å². The second kappa shape index (κ2) is 10.3. The molecule has 0 radical (unpaired) electrons. The van der Waals surface area contributed by atoms with Gasteiger partial charge in [-0.25, -0.2) is 14.2 Å². The molecule has 1 aliphatic carbocycles. The van der Waals surface area contributed by atoms with Crippen LogP contribution in [0.2, 0.25) is 0 Å². The lowest BCUT2D eigenvalue weighted by molar-refractivity contribution is -0.150. The number of primary amides is 1. The molecule has 35 heavy (non-hydrogen) atoms. The zero-order valence-electron chi connectivity index (χ0n) is 20.1. The van der Waals surface area contributed by atoms with Gasteiger partial charge in [-0.15, -0.1) is 0 Å². The summed E-state index contributed by atoms with van der Waals surface area (Å²) in [6.45, 7) is 4.90. The third kappa shape index (κ3) is 4.89. The van der Waals surface area contributed by atoms with Crippen molar-refractivity contribution in [3.05, 3.63) is 29.9 Å². The molecule has 1 aromatic carbocycles. The zero-order valence-corrected chi connectivity index (χ0v) is 20.1. The molecule has 1 aliphatic heterocycles. The van der Waals surface area contributed by atoms with Gasteiger partial charge in [0.1, 0.15) is 11.3 Å². The molecule has 2 heterocycles. The summed E-state index contributed by atoms with van der Waals surface area (Å²) in [5.74, 6) is -3.57. The van der Waals surface area contributed by atoms with Gasteiger partial charge in [0.25, 0.3) is 11.7 Å². The fourth-order valence-corrected chi connectivity index (χ4v) is 5.58. The summed E-state index contributed by atoms with van der Waals surface area (Å²) >= 11 is 0. The minimum absolute atomic E-state index is 0.0220. The van der Waals surface area contributed by atoms with Crippen LogP contribution in [0.5, 0.6) is 0 Å². The first-order valence-corrected chi connectivity index (χ1v) is 12.2. The average Bonchev–Trinajstić information content (AvgIpc) is 3.29. The highest BCUT2D eigenvalue weighted by atomic mass is 19.1. The lowest BCUT2D eigenvalue weighted by Crippen LogP contribution is -2.61. The van der Waals surface area contributed by atoms with Crippen LogP contribution in [0.15, 0.2) is 22.6 Å². The van der Waals surface area contributed by atoms with Crippen LogP contribution in [0, 0.1) is 23.6 Å². The van der Waals surface area contributed by atoms with Crippen LogP contribution < -0.4 is 5.73 Å². The van der Waals surface area contributed by atoms with Crippen molar-refractivity contribution in [1.82, 2.24) is 9.88 Å². The number of hydrogen-bond acceptors (Lipinski definition) is 7. The molecule has 2 amide bonds. The van der Waals surface area contributed by atoms with Gasteiger partial charge in [0.05, 0.1) is 19.1 Å². The summed E-state index contributed by atoms with van der Waals surface area (Å²) in [4.78, 5) is 46.0. The Bertz CT molecular complexity index is 1090. The van der Waals surface area contributed by atoms with Crippen LogP contribution in [-0.2, 0) is 14.3 Å². The second-order valence-electron chi connectivity index (χ2n) is 9.52. The van der Waals surface area contributed by atoms with E-state index in [-0.39, 0.29) is 28.8 Å². The molecule has 2 fully saturated rings. The molecule has 2 N–H and O–H groups in total. The highest BCUT2D eigenvalue weighted by Gasteiger charge is 2.58. The number of morpholine rings is 1. The fraction of sp³-hybridized carbons (Fsp3) is 0.600. The molecule has 2 aromatic rings. The Kier molecular flexibility index (Phi) is 7.39. The zero-order chi connectivity index (χ0) is 25.2. The van der Waals surface area contributed by atoms with Crippen molar-refractivity contribution in [3.63, 3.8) is 0 Å². The molecular weight excluding hydrogens is 457 g/mol. The Morgan fingerprint density at radius 3 is 2.51 bits per heavy atom. The van der Waals surface area contributed by atoms with Crippen molar-refractivity contribution in [2.24, 2.45) is 23.5 Å². The quantitative estimate of drug-likeness (QED) is 0.588. The number of aromatic nitrogens is 1. The monoisotopic (exact) mass is 489 g/mol. The van der Waals surface area contributed by atoms with Gasteiger partial charge >= 0.3 is 6.09 Å². The van der Waals surface area contributed by atoms with E-state index in [1.165, 1.54) is 12.1 Å². The largest absolute Gasteiger partial charge is 0.433 e. The van der Waals surface area contributed by atoms with E-state index in [4.69, 9.17) is 19.6 Å². The van der Waals surface area contributed by atoms with Crippen molar-refractivity contribution in [2.45, 2.75) is 51.6 Å². The van der Waals surface area contributed by atoms with Gasteiger partial charge in [-0.3, -0.25) is 9.59 Å². The molecule has 1 saturated carbocycles. The number of hydrogen-bond donors (Lipinski definition) is 1. The van der Waals surface area contributed by atoms with Gasteiger partial charge in [0.2, 0.25) is 5.91 Å². The summed E-state index contributed by atoms with van der Waals surface area (Å²) in [6.07, 6.45) is 3.53. The Hall–Kier alpha value is -3.01. The summed E-state index contributed by atoms with van der Waals surface area (Å²) in [6, 6.07) is 3.73. The molecule has 1 saturated heterocycles. The number of nitrogens with zero attached hydrogens (tertiary/aromatic N) is 2. The number of carbonyl (C=O) groups is 3. The van der Waals surface area contributed by atoms with E-state index in [0.717, 1.165) is 38.2 Å². The third-order valence-corrected chi connectivity index (χ3v) is 7.54. The van der Waals surface area contributed by atoms with Crippen molar-refractivity contribution in [3.8, 4) is 0 Å². The van der Waals surface area contributed by atoms with Crippen LogP contribution in [0.3, 0.4) is 0 Å². The molecule has 2 aliphatic rings. The van der Waals surface area contributed by atoms with Crippen LogP contribution >= 0.6 is 0 Å². The van der Waals surface area contributed by atoms with Crippen molar-refractivity contribution in [1.29, 1.82) is 0 Å². The van der Waals surface area contributed by atoms with Crippen molar-refractivity contribution in [2.75, 3.05) is 26.3 Å². The molecule has 10 heteroatoms. The molecule has 0 spiro atoms. The van der Waals surface area contributed by atoms with Gasteiger partial charge in [0.15, 0.2) is 11.2 Å². The molecule has 0 bridgehead atoms. The Labute approximate surface area is 203 Å². The first-order valence-electron chi connectivity index (χ1n) is 12.2. The van der Waals surface area contributed by atoms with E-state index in [2.05, 4.69) is 4.98 Å². The van der Waals surface area contributed by atoms with Crippen molar-refractivity contribution < 1.29 is 32.7 Å². The van der Waals surface area contributed by atoms with E-state index in [1.54, 1.807) is 11.8 Å². The van der Waals surface area contributed by atoms with Crippen LogP contribution in [-0.4, -0.2) is 59.6 Å². The average molecular weight is 490 g/mol. The second-order valence-corrected chi connectivity index (χ2v) is 9.52. The summed E-state index contributed by atoms with van der Waals surface area (Å²) < 4.78 is 30.4. The maximum atomic E-state index is 14.2. The first-order chi connectivity index (χ1) is 16.7. The predicted octanol–water partition coefficient (Wildman–Crippen LogP) is 3.70. The van der Waals surface area contributed by atoms with E-state index in [0.29, 0.717) is 26.3 Å². The summed E-state index contributed by atoms with van der Waals surface area (Å²) in [7, 11) is 0. The number of rotatable bonds is 7. The van der Waals surface area contributed by atoms with Crippen LogP contribution in [0.4, 0.5) is 9.18 Å². The van der Waals surface area contributed by atoms with E-state index < -0.39 is 35.1 Å².